The highest BCUT2D eigenvalue weighted by molar-refractivity contribution is 9.09. The average Bonchev–Trinajstić information content (AvgIpc) is 2.89. The first-order chi connectivity index (χ1) is 17.0. The Hall–Kier alpha value is -3.90. The lowest BCUT2D eigenvalue weighted by atomic mass is 10.0. The number of halogens is 1. The van der Waals surface area contributed by atoms with Gasteiger partial charge in [0.2, 0.25) is 0 Å². The third-order valence-electron chi connectivity index (χ3n) is 5.51. The molecule has 0 atom stereocenters. The Kier molecular flexibility index (Phi) is 7.95. The Morgan fingerprint density at radius 2 is 1.49 bits per heavy atom. The van der Waals surface area contributed by atoms with Gasteiger partial charge in [0.15, 0.2) is 0 Å². The van der Waals surface area contributed by atoms with Crippen LogP contribution in [0, 0.1) is 0 Å². The first kappa shape index (κ1) is 24.2. The summed E-state index contributed by atoms with van der Waals surface area (Å²) in [7, 11) is 0. The predicted octanol–water partition coefficient (Wildman–Crippen LogP) is 6.82. The van der Waals surface area contributed by atoms with Gasteiger partial charge in [-0.05, 0) is 52.9 Å². The highest BCUT2D eigenvalue weighted by atomic mass is 79.9. The maximum Gasteiger partial charge on any atom is 0.337 e. The van der Waals surface area contributed by atoms with Gasteiger partial charge in [-0.1, -0.05) is 88.7 Å². The molecule has 0 saturated carbocycles. The molecule has 176 valence electrons. The van der Waals surface area contributed by atoms with E-state index < -0.39 is 11.9 Å². The fourth-order valence-corrected chi connectivity index (χ4v) is 4.17. The Balaban J connectivity index is 1.66. The predicted molar refractivity (Wildman–Crippen MR) is 142 cm³/mol. The number of carboxylic acid groups (broad SMARTS) is 1. The molecule has 4 rings (SSSR count). The van der Waals surface area contributed by atoms with Crippen molar-refractivity contribution < 1.29 is 19.4 Å². The SMILES string of the molecule is O=C(O)c1ccc(-c2ccccc2)cc1NC(=O)c1cc(CCBr)ccc1OCc1ccccc1. The zero-order valence-electron chi connectivity index (χ0n) is 18.9. The molecule has 0 fully saturated rings. The van der Waals surface area contributed by atoms with E-state index in [2.05, 4.69) is 21.2 Å². The second kappa shape index (κ2) is 11.5. The highest BCUT2D eigenvalue weighted by Crippen LogP contribution is 2.28. The lowest BCUT2D eigenvalue weighted by Crippen LogP contribution is -2.16. The standard InChI is InChI=1S/C29H24BrNO4/c30-16-15-20-11-14-27(35-19-21-7-3-1-4-8-21)25(17-20)28(32)31-26-18-23(12-13-24(26)29(33)34)22-9-5-2-6-10-22/h1-14,17-18H,15-16,19H2,(H,31,32)(H,33,34). The van der Waals surface area contributed by atoms with Gasteiger partial charge in [-0.2, -0.15) is 0 Å². The number of benzene rings is 4. The van der Waals surface area contributed by atoms with Crippen LogP contribution in [-0.4, -0.2) is 22.3 Å². The summed E-state index contributed by atoms with van der Waals surface area (Å²) in [6, 6.07) is 29.7. The second-order valence-corrected chi connectivity index (χ2v) is 8.72. The number of aryl methyl sites for hydroxylation is 1. The van der Waals surface area contributed by atoms with Crippen molar-refractivity contribution in [3.63, 3.8) is 0 Å². The molecule has 35 heavy (non-hydrogen) atoms. The van der Waals surface area contributed by atoms with Crippen LogP contribution in [0.15, 0.2) is 97.1 Å². The van der Waals surface area contributed by atoms with E-state index in [0.717, 1.165) is 34.0 Å². The molecule has 0 aliphatic carbocycles. The molecule has 4 aromatic rings. The molecule has 4 aromatic carbocycles. The Bertz CT molecular complexity index is 1320. The lowest BCUT2D eigenvalue weighted by molar-refractivity contribution is 0.0698. The highest BCUT2D eigenvalue weighted by Gasteiger charge is 2.18. The van der Waals surface area contributed by atoms with Crippen molar-refractivity contribution in [3.8, 4) is 16.9 Å². The maximum absolute atomic E-state index is 13.4. The van der Waals surface area contributed by atoms with Gasteiger partial charge in [0.25, 0.3) is 5.91 Å². The third-order valence-corrected chi connectivity index (χ3v) is 5.91. The number of hydrogen-bond donors (Lipinski definition) is 2. The van der Waals surface area contributed by atoms with Crippen LogP contribution < -0.4 is 10.1 Å². The van der Waals surface area contributed by atoms with Crippen LogP contribution in [0.4, 0.5) is 5.69 Å². The average molecular weight is 530 g/mol. The monoisotopic (exact) mass is 529 g/mol. The number of ether oxygens (including phenoxy) is 1. The molecule has 0 radical (unpaired) electrons. The number of anilines is 1. The molecular weight excluding hydrogens is 506 g/mol. The topological polar surface area (TPSA) is 75.6 Å². The van der Waals surface area contributed by atoms with Crippen LogP contribution in [0.1, 0.15) is 31.8 Å². The molecule has 0 aliphatic rings. The van der Waals surface area contributed by atoms with Crippen molar-refractivity contribution in [2.45, 2.75) is 13.0 Å². The summed E-state index contributed by atoms with van der Waals surface area (Å²) >= 11 is 3.44. The van der Waals surface area contributed by atoms with Gasteiger partial charge < -0.3 is 15.2 Å². The lowest BCUT2D eigenvalue weighted by Gasteiger charge is -2.15. The summed E-state index contributed by atoms with van der Waals surface area (Å²) in [5.41, 5.74) is 4.26. The molecule has 0 aromatic heterocycles. The Labute approximate surface area is 212 Å². The fraction of sp³-hybridized carbons (Fsp3) is 0.103. The summed E-state index contributed by atoms with van der Waals surface area (Å²) < 4.78 is 6.00. The summed E-state index contributed by atoms with van der Waals surface area (Å²) in [6.07, 6.45) is 0.739. The summed E-state index contributed by atoms with van der Waals surface area (Å²) in [4.78, 5) is 25.3. The quantitative estimate of drug-likeness (QED) is 0.233. The number of carbonyl (C=O) groups excluding carboxylic acids is 1. The minimum atomic E-state index is -1.12. The molecule has 1 amide bonds. The van der Waals surface area contributed by atoms with Crippen molar-refractivity contribution in [2.75, 3.05) is 10.6 Å². The zero-order valence-corrected chi connectivity index (χ0v) is 20.5. The number of nitrogens with one attached hydrogen (secondary N) is 1. The van der Waals surface area contributed by atoms with E-state index in [1.807, 2.05) is 66.7 Å². The van der Waals surface area contributed by atoms with Crippen molar-refractivity contribution >= 4 is 33.5 Å². The molecule has 0 heterocycles. The minimum absolute atomic E-state index is 0.0152. The Morgan fingerprint density at radius 3 is 2.17 bits per heavy atom. The van der Waals surface area contributed by atoms with Gasteiger partial charge in [0, 0.05) is 5.33 Å². The molecule has 0 saturated heterocycles. The number of carbonyl (C=O) groups is 2. The first-order valence-corrected chi connectivity index (χ1v) is 12.3. The van der Waals surface area contributed by atoms with Crippen LogP contribution in [-0.2, 0) is 13.0 Å². The van der Waals surface area contributed by atoms with Gasteiger partial charge in [0.05, 0.1) is 16.8 Å². The number of amides is 1. The van der Waals surface area contributed by atoms with Crippen molar-refractivity contribution in [1.82, 2.24) is 0 Å². The third kappa shape index (κ3) is 6.16. The molecule has 0 spiro atoms. The number of aromatic carboxylic acids is 1. The molecule has 0 bridgehead atoms. The van der Waals surface area contributed by atoms with Crippen LogP contribution in [0.25, 0.3) is 11.1 Å². The van der Waals surface area contributed by atoms with Crippen molar-refractivity contribution in [1.29, 1.82) is 0 Å². The van der Waals surface area contributed by atoms with Gasteiger partial charge in [-0.3, -0.25) is 4.79 Å². The van der Waals surface area contributed by atoms with Crippen LogP contribution in [0.5, 0.6) is 5.75 Å². The molecule has 6 heteroatoms. The van der Waals surface area contributed by atoms with Crippen LogP contribution >= 0.6 is 15.9 Å². The van der Waals surface area contributed by atoms with Gasteiger partial charge >= 0.3 is 5.97 Å². The molecule has 0 unspecified atom stereocenters. The summed E-state index contributed by atoms with van der Waals surface area (Å²) in [6.45, 7) is 0.308. The number of rotatable bonds is 9. The van der Waals surface area contributed by atoms with E-state index in [9.17, 15) is 14.7 Å². The molecule has 2 N–H and O–H groups in total. The first-order valence-electron chi connectivity index (χ1n) is 11.1. The largest absolute Gasteiger partial charge is 0.488 e. The van der Waals surface area contributed by atoms with Gasteiger partial charge in [-0.15, -0.1) is 0 Å². The molecular formula is C29H24BrNO4. The van der Waals surface area contributed by atoms with Gasteiger partial charge in [-0.25, -0.2) is 4.79 Å². The molecule has 5 nitrogen and oxygen atoms in total. The maximum atomic E-state index is 13.4. The zero-order chi connectivity index (χ0) is 24.6. The minimum Gasteiger partial charge on any atom is -0.488 e. The van der Waals surface area contributed by atoms with Crippen molar-refractivity contribution in [3.05, 3.63) is 119 Å². The van der Waals surface area contributed by atoms with E-state index in [1.54, 1.807) is 24.3 Å². The number of hydrogen-bond acceptors (Lipinski definition) is 3. The van der Waals surface area contributed by atoms with Crippen LogP contribution in [0.2, 0.25) is 0 Å². The van der Waals surface area contributed by atoms with E-state index in [4.69, 9.17) is 4.74 Å². The van der Waals surface area contributed by atoms with Crippen LogP contribution in [0.3, 0.4) is 0 Å². The second-order valence-electron chi connectivity index (χ2n) is 7.93. The van der Waals surface area contributed by atoms with E-state index in [-0.39, 0.29) is 11.3 Å². The molecule has 0 aliphatic heterocycles. The van der Waals surface area contributed by atoms with E-state index in [1.165, 1.54) is 6.07 Å². The summed E-state index contributed by atoms with van der Waals surface area (Å²) in [5.74, 6) is -1.12. The Morgan fingerprint density at radius 1 is 0.771 bits per heavy atom. The van der Waals surface area contributed by atoms with E-state index in [0.29, 0.717) is 17.9 Å². The fourth-order valence-electron chi connectivity index (χ4n) is 3.71. The van der Waals surface area contributed by atoms with E-state index >= 15 is 0 Å². The smallest absolute Gasteiger partial charge is 0.337 e. The number of alkyl halides is 1. The normalized spacial score (nSPS) is 10.5. The summed E-state index contributed by atoms with van der Waals surface area (Å²) in [5, 5.41) is 13.3. The van der Waals surface area contributed by atoms with Crippen molar-refractivity contribution in [2.24, 2.45) is 0 Å². The number of carboxylic acids is 1. The van der Waals surface area contributed by atoms with Gasteiger partial charge in [0.1, 0.15) is 12.4 Å².